The van der Waals surface area contributed by atoms with Gasteiger partial charge in [-0.15, -0.1) is 0 Å². The Bertz CT molecular complexity index is 426. The summed E-state index contributed by atoms with van der Waals surface area (Å²) in [6, 6.07) is 3.80. The number of rotatable bonds is 5. The van der Waals surface area contributed by atoms with Crippen LogP contribution in [0.4, 0.5) is 5.82 Å². The molecule has 0 saturated heterocycles. The van der Waals surface area contributed by atoms with Gasteiger partial charge in [0.05, 0.1) is 12.9 Å². The molecule has 0 aliphatic rings. The van der Waals surface area contributed by atoms with Gasteiger partial charge in [0.2, 0.25) is 0 Å². The van der Waals surface area contributed by atoms with Crippen molar-refractivity contribution in [1.29, 1.82) is 0 Å². The molecule has 0 spiro atoms. The second-order valence-electron chi connectivity index (χ2n) is 3.70. The molecule has 6 heteroatoms. The summed E-state index contributed by atoms with van der Waals surface area (Å²) >= 11 is 0. The molecule has 90 valence electrons. The molecule has 1 aromatic rings. The molecule has 0 aromatic carbocycles. The molecule has 1 rings (SSSR count). The molecule has 0 atom stereocenters. The molecule has 16 heavy (non-hydrogen) atoms. The number of aromatic nitrogens is 1. The molecule has 0 radical (unpaired) electrons. The summed E-state index contributed by atoms with van der Waals surface area (Å²) in [5, 5.41) is 0. The zero-order chi connectivity index (χ0) is 12.2. The highest BCUT2D eigenvalue weighted by atomic mass is 32.2. The van der Waals surface area contributed by atoms with Crippen molar-refractivity contribution < 1.29 is 12.6 Å². The number of hydrogen-bond acceptors (Lipinski definition) is 5. The van der Waals surface area contributed by atoms with Gasteiger partial charge in [0.25, 0.3) is 10.1 Å². The number of nitrogens with zero attached hydrogens (tertiary/aromatic N) is 2. The van der Waals surface area contributed by atoms with Gasteiger partial charge in [-0.2, -0.15) is 8.42 Å². The highest BCUT2D eigenvalue weighted by Gasteiger charge is 2.02. The quantitative estimate of drug-likeness (QED) is 0.712. The number of pyridine rings is 1. The summed E-state index contributed by atoms with van der Waals surface area (Å²) in [7, 11) is 0.478. The molecule has 0 N–H and O–H groups in total. The maximum absolute atomic E-state index is 10.7. The van der Waals surface area contributed by atoms with Gasteiger partial charge >= 0.3 is 0 Å². The summed E-state index contributed by atoms with van der Waals surface area (Å²) in [5.74, 6) is 0.868. The lowest BCUT2D eigenvalue weighted by Crippen LogP contribution is -2.11. The highest BCUT2D eigenvalue weighted by Crippen LogP contribution is 2.08. The third kappa shape index (κ3) is 4.59. The van der Waals surface area contributed by atoms with Gasteiger partial charge in [-0.05, 0) is 18.1 Å². The Labute approximate surface area is 96.2 Å². The first kappa shape index (κ1) is 12.9. The largest absolute Gasteiger partial charge is 0.363 e. The second kappa shape index (κ2) is 5.27. The van der Waals surface area contributed by atoms with E-state index in [1.807, 2.05) is 31.1 Å². The van der Waals surface area contributed by atoms with Crippen molar-refractivity contribution in [3.8, 4) is 0 Å². The van der Waals surface area contributed by atoms with E-state index in [4.69, 9.17) is 0 Å². The summed E-state index contributed by atoms with van der Waals surface area (Å²) in [5.41, 5.74) is 0.953. The van der Waals surface area contributed by atoms with Crippen LogP contribution in [-0.4, -0.2) is 40.4 Å². The fourth-order valence-corrected chi connectivity index (χ4v) is 1.53. The maximum atomic E-state index is 10.7. The van der Waals surface area contributed by atoms with Crippen molar-refractivity contribution in [1.82, 2.24) is 4.98 Å². The van der Waals surface area contributed by atoms with E-state index >= 15 is 0 Å². The van der Waals surface area contributed by atoms with E-state index < -0.39 is 10.1 Å². The lowest BCUT2D eigenvalue weighted by atomic mass is 10.2. The highest BCUT2D eigenvalue weighted by molar-refractivity contribution is 7.85. The van der Waals surface area contributed by atoms with Gasteiger partial charge < -0.3 is 4.90 Å². The smallest absolute Gasteiger partial charge is 0.264 e. The Morgan fingerprint density at radius 3 is 2.50 bits per heavy atom. The van der Waals surface area contributed by atoms with E-state index in [1.54, 1.807) is 6.20 Å². The molecule has 1 aromatic heterocycles. The van der Waals surface area contributed by atoms with Crippen LogP contribution < -0.4 is 4.90 Å². The van der Waals surface area contributed by atoms with Crippen LogP contribution in [0, 0.1) is 0 Å². The van der Waals surface area contributed by atoms with Gasteiger partial charge in [-0.3, -0.25) is 4.18 Å². The minimum atomic E-state index is -3.34. The van der Waals surface area contributed by atoms with Crippen LogP contribution in [0.5, 0.6) is 0 Å². The Kier molecular flexibility index (Phi) is 4.26. The van der Waals surface area contributed by atoms with Gasteiger partial charge in [0.1, 0.15) is 5.82 Å². The zero-order valence-corrected chi connectivity index (χ0v) is 10.5. The lowest BCUT2D eigenvalue weighted by molar-refractivity contribution is 0.326. The van der Waals surface area contributed by atoms with Crippen LogP contribution in [-0.2, 0) is 20.7 Å². The Hall–Kier alpha value is -1.14. The van der Waals surface area contributed by atoms with E-state index in [2.05, 4.69) is 9.17 Å². The third-order valence-electron chi connectivity index (χ3n) is 1.96. The van der Waals surface area contributed by atoms with Crippen LogP contribution in [0.3, 0.4) is 0 Å². The van der Waals surface area contributed by atoms with E-state index in [-0.39, 0.29) is 6.61 Å². The molecule has 0 unspecified atom stereocenters. The van der Waals surface area contributed by atoms with Gasteiger partial charge in [-0.25, -0.2) is 4.98 Å². The fraction of sp³-hybridized carbons (Fsp3) is 0.500. The summed E-state index contributed by atoms with van der Waals surface area (Å²) in [6.45, 7) is 0.155. The predicted octanol–water partition coefficient (Wildman–Crippen LogP) is 0.666. The molecule has 0 fully saturated rings. The van der Waals surface area contributed by atoms with E-state index in [0.717, 1.165) is 17.6 Å². The van der Waals surface area contributed by atoms with Crippen LogP contribution >= 0.6 is 0 Å². The SMILES string of the molecule is CN(C)c1ccc(CCOS(C)(=O)=O)cn1. The number of hydrogen-bond donors (Lipinski definition) is 0. The molecule has 0 saturated carbocycles. The molecule has 0 amide bonds. The molecule has 0 aliphatic heterocycles. The third-order valence-corrected chi connectivity index (χ3v) is 2.55. The first-order chi connectivity index (χ1) is 7.38. The Morgan fingerprint density at radius 2 is 2.06 bits per heavy atom. The van der Waals surface area contributed by atoms with E-state index in [1.165, 1.54) is 0 Å². The standard InChI is InChI=1S/C10H16N2O3S/c1-12(2)10-5-4-9(8-11-10)6-7-15-16(3,13)14/h4-5,8H,6-7H2,1-3H3. The molecule has 1 heterocycles. The topological polar surface area (TPSA) is 59.5 Å². The van der Waals surface area contributed by atoms with Crippen LogP contribution in [0.25, 0.3) is 0 Å². The summed E-state index contributed by atoms with van der Waals surface area (Å²) in [4.78, 5) is 6.11. The van der Waals surface area contributed by atoms with Crippen LogP contribution in [0.2, 0.25) is 0 Å². The van der Waals surface area contributed by atoms with Crippen LogP contribution in [0.1, 0.15) is 5.56 Å². The van der Waals surface area contributed by atoms with E-state index in [9.17, 15) is 8.42 Å². The maximum Gasteiger partial charge on any atom is 0.264 e. The summed E-state index contributed by atoms with van der Waals surface area (Å²) in [6.07, 6.45) is 3.30. The van der Waals surface area contributed by atoms with Gasteiger partial charge in [0.15, 0.2) is 0 Å². The van der Waals surface area contributed by atoms with Crippen molar-refractivity contribution in [2.24, 2.45) is 0 Å². The molecule has 5 nitrogen and oxygen atoms in total. The zero-order valence-electron chi connectivity index (χ0n) is 9.67. The van der Waals surface area contributed by atoms with Crippen LogP contribution in [0.15, 0.2) is 18.3 Å². The second-order valence-corrected chi connectivity index (χ2v) is 5.34. The molecular weight excluding hydrogens is 228 g/mol. The van der Waals surface area contributed by atoms with E-state index in [0.29, 0.717) is 6.42 Å². The Morgan fingerprint density at radius 1 is 1.38 bits per heavy atom. The van der Waals surface area contributed by atoms with Crippen molar-refractivity contribution in [2.75, 3.05) is 31.9 Å². The minimum Gasteiger partial charge on any atom is -0.363 e. The Balaban J connectivity index is 2.50. The van der Waals surface area contributed by atoms with Crippen molar-refractivity contribution >= 4 is 15.9 Å². The average molecular weight is 244 g/mol. The molecule has 0 bridgehead atoms. The lowest BCUT2D eigenvalue weighted by Gasteiger charge is -2.11. The van der Waals surface area contributed by atoms with Crippen molar-refractivity contribution in [3.05, 3.63) is 23.9 Å². The first-order valence-electron chi connectivity index (χ1n) is 4.85. The first-order valence-corrected chi connectivity index (χ1v) is 6.67. The van der Waals surface area contributed by atoms with Crippen molar-refractivity contribution in [3.63, 3.8) is 0 Å². The van der Waals surface area contributed by atoms with Crippen molar-refractivity contribution in [2.45, 2.75) is 6.42 Å². The molecule has 0 aliphatic carbocycles. The normalized spacial score (nSPS) is 11.4. The fourth-order valence-electron chi connectivity index (χ4n) is 1.14. The predicted molar refractivity (Wildman–Crippen MR) is 63.1 cm³/mol. The van der Waals surface area contributed by atoms with Gasteiger partial charge in [0, 0.05) is 20.3 Å². The average Bonchev–Trinajstić information content (AvgIpc) is 2.16. The number of anilines is 1. The molecular formula is C10H16N2O3S. The summed E-state index contributed by atoms with van der Waals surface area (Å²) < 4.78 is 26.1. The minimum absolute atomic E-state index is 0.155. The van der Waals surface area contributed by atoms with Gasteiger partial charge in [-0.1, -0.05) is 6.07 Å². The monoisotopic (exact) mass is 244 g/mol.